The molecule has 2 atom stereocenters. The van der Waals surface area contributed by atoms with Gasteiger partial charge in [-0.15, -0.1) is 0 Å². The number of hydrogen-bond acceptors (Lipinski definition) is 8. The molecule has 1 aliphatic rings. The van der Waals surface area contributed by atoms with Crippen molar-refractivity contribution in [2.24, 2.45) is 7.05 Å². The summed E-state index contributed by atoms with van der Waals surface area (Å²) in [5.41, 5.74) is 0.499. The highest BCUT2D eigenvalue weighted by molar-refractivity contribution is 6.04. The van der Waals surface area contributed by atoms with Crippen molar-refractivity contribution in [2.75, 3.05) is 18.4 Å². The van der Waals surface area contributed by atoms with Crippen LogP contribution in [0, 0.1) is 0 Å². The molecule has 34 heavy (non-hydrogen) atoms. The molecule has 0 aliphatic carbocycles. The quantitative estimate of drug-likeness (QED) is 0.517. The predicted molar refractivity (Wildman–Crippen MR) is 122 cm³/mol. The van der Waals surface area contributed by atoms with Crippen molar-refractivity contribution in [1.82, 2.24) is 24.6 Å². The number of likely N-dealkylation sites (tertiary alicyclic amines) is 1. The monoisotopic (exact) mass is 466 g/mol. The van der Waals surface area contributed by atoms with Crippen molar-refractivity contribution in [3.8, 4) is 17.4 Å². The van der Waals surface area contributed by atoms with Gasteiger partial charge in [0.2, 0.25) is 5.88 Å². The maximum absolute atomic E-state index is 12.8. The summed E-state index contributed by atoms with van der Waals surface area (Å²) < 4.78 is 13.2. The number of aliphatic hydroxyl groups is 1. The lowest BCUT2D eigenvalue weighted by Gasteiger charge is -2.30. The summed E-state index contributed by atoms with van der Waals surface area (Å²) in [5.74, 6) is 0.567. The Balaban J connectivity index is 1.55. The summed E-state index contributed by atoms with van der Waals surface area (Å²) in [6, 6.07) is 6.32. The Labute approximate surface area is 196 Å². The lowest BCUT2D eigenvalue weighted by atomic mass is 10.1. The van der Waals surface area contributed by atoms with Gasteiger partial charge in [-0.05, 0) is 32.4 Å². The minimum Gasteiger partial charge on any atom is -0.488 e. The highest BCUT2D eigenvalue weighted by atomic mass is 16.5. The van der Waals surface area contributed by atoms with E-state index in [2.05, 4.69) is 20.4 Å². The zero-order chi connectivity index (χ0) is 24.2. The molecule has 0 radical (unpaired) electrons. The first-order valence-electron chi connectivity index (χ1n) is 10.9. The van der Waals surface area contributed by atoms with E-state index in [1.54, 1.807) is 54.9 Å². The molecule has 4 rings (SSSR count). The molecule has 0 unspecified atom stereocenters. The van der Waals surface area contributed by atoms with E-state index in [0.717, 1.165) is 19.5 Å². The molecule has 1 aromatic carbocycles. The van der Waals surface area contributed by atoms with Crippen molar-refractivity contribution >= 4 is 17.6 Å². The molecule has 2 aromatic heterocycles. The summed E-state index contributed by atoms with van der Waals surface area (Å²) in [6.07, 6.45) is 4.17. The van der Waals surface area contributed by atoms with E-state index in [1.165, 1.54) is 18.5 Å². The van der Waals surface area contributed by atoms with Gasteiger partial charge < -0.3 is 24.8 Å². The van der Waals surface area contributed by atoms with Gasteiger partial charge in [0.15, 0.2) is 5.82 Å². The van der Waals surface area contributed by atoms with Crippen LogP contribution in [0.3, 0.4) is 0 Å². The van der Waals surface area contributed by atoms with Crippen LogP contribution in [-0.4, -0.2) is 66.9 Å². The second-order valence-corrected chi connectivity index (χ2v) is 8.07. The fraction of sp³-hybridized carbons (Fsp3) is 0.348. The van der Waals surface area contributed by atoms with E-state index in [9.17, 15) is 14.7 Å². The van der Waals surface area contributed by atoms with Gasteiger partial charge in [0.1, 0.15) is 23.3 Å². The minimum absolute atomic E-state index is 0.150. The smallest absolute Gasteiger partial charge is 0.274 e. The Bertz CT molecular complexity index is 1170. The summed E-state index contributed by atoms with van der Waals surface area (Å²) in [4.78, 5) is 35.1. The SMILES string of the molecule is C[C@H](O)[C@H](C)Oc1cc(Oc2cnc(C(=O)N3CCC3)cn2)cc(C(=O)Nc2ccn(C)n2)c1. The zero-order valence-electron chi connectivity index (χ0n) is 19.1. The topological polar surface area (TPSA) is 132 Å². The zero-order valence-corrected chi connectivity index (χ0v) is 19.1. The fourth-order valence-electron chi connectivity index (χ4n) is 3.09. The van der Waals surface area contributed by atoms with Crippen LogP contribution in [0.2, 0.25) is 0 Å². The number of benzene rings is 1. The average Bonchev–Trinajstić information content (AvgIpc) is 3.17. The predicted octanol–water partition coefficient (Wildman–Crippen LogP) is 2.25. The molecule has 178 valence electrons. The number of nitrogens with zero attached hydrogens (tertiary/aromatic N) is 5. The summed E-state index contributed by atoms with van der Waals surface area (Å²) in [6.45, 7) is 4.77. The third-order valence-electron chi connectivity index (χ3n) is 5.31. The van der Waals surface area contributed by atoms with Gasteiger partial charge in [-0.2, -0.15) is 5.10 Å². The highest BCUT2D eigenvalue weighted by Crippen LogP contribution is 2.28. The Morgan fingerprint density at radius 1 is 1.12 bits per heavy atom. The standard InChI is InChI=1S/C23H26N6O5/c1-14(30)15(2)33-17-9-16(22(31)26-20-5-8-28(3)27-20)10-18(11-17)34-21-13-24-19(12-25-21)23(32)29-6-4-7-29/h5,8-15,30H,4,6-7H2,1-3H3,(H,26,27,31)/t14-,15-/m0/s1. The number of anilines is 1. The third-order valence-corrected chi connectivity index (χ3v) is 5.31. The summed E-state index contributed by atoms with van der Waals surface area (Å²) in [5, 5.41) is 16.7. The number of aryl methyl sites for hydroxylation is 1. The molecule has 0 saturated carbocycles. The maximum Gasteiger partial charge on any atom is 0.274 e. The Kier molecular flexibility index (Phi) is 6.73. The van der Waals surface area contributed by atoms with Crippen LogP contribution in [0.1, 0.15) is 41.1 Å². The van der Waals surface area contributed by atoms with E-state index in [0.29, 0.717) is 11.6 Å². The first-order chi connectivity index (χ1) is 16.3. The number of hydrogen-bond donors (Lipinski definition) is 2. The summed E-state index contributed by atoms with van der Waals surface area (Å²) >= 11 is 0. The molecule has 11 nitrogen and oxygen atoms in total. The molecular formula is C23H26N6O5. The summed E-state index contributed by atoms with van der Waals surface area (Å²) in [7, 11) is 1.75. The second-order valence-electron chi connectivity index (χ2n) is 8.07. The van der Waals surface area contributed by atoms with Crippen LogP contribution in [0.4, 0.5) is 5.82 Å². The normalized spacial score (nSPS) is 14.6. The molecule has 0 bridgehead atoms. The van der Waals surface area contributed by atoms with Crippen LogP contribution >= 0.6 is 0 Å². The van der Waals surface area contributed by atoms with E-state index in [-0.39, 0.29) is 28.8 Å². The lowest BCUT2D eigenvalue weighted by Crippen LogP contribution is -2.42. The highest BCUT2D eigenvalue weighted by Gasteiger charge is 2.23. The molecule has 3 heterocycles. The molecule has 0 spiro atoms. The maximum atomic E-state index is 12.8. The van der Waals surface area contributed by atoms with Gasteiger partial charge in [0.05, 0.1) is 18.5 Å². The number of rotatable bonds is 8. The minimum atomic E-state index is -0.724. The molecule has 2 N–H and O–H groups in total. The average molecular weight is 466 g/mol. The van der Waals surface area contributed by atoms with E-state index < -0.39 is 18.1 Å². The van der Waals surface area contributed by atoms with Crippen molar-refractivity contribution in [2.45, 2.75) is 32.5 Å². The number of aliphatic hydroxyl groups excluding tert-OH is 1. The number of ether oxygens (including phenoxy) is 2. The van der Waals surface area contributed by atoms with Crippen LogP contribution in [0.5, 0.6) is 17.4 Å². The number of nitrogens with one attached hydrogen (secondary N) is 1. The number of carbonyl (C=O) groups is 2. The van der Waals surface area contributed by atoms with Gasteiger partial charge in [-0.3, -0.25) is 14.3 Å². The first kappa shape index (κ1) is 23.2. The fourth-order valence-corrected chi connectivity index (χ4v) is 3.09. The van der Waals surface area contributed by atoms with Crippen LogP contribution in [-0.2, 0) is 7.05 Å². The third kappa shape index (κ3) is 5.49. The lowest BCUT2D eigenvalue weighted by molar-refractivity contribution is 0.0602. The van der Waals surface area contributed by atoms with Crippen LogP contribution < -0.4 is 14.8 Å². The molecule has 2 amide bonds. The van der Waals surface area contributed by atoms with Gasteiger partial charge >= 0.3 is 0 Å². The van der Waals surface area contributed by atoms with E-state index >= 15 is 0 Å². The van der Waals surface area contributed by atoms with Crippen LogP contribution in [0.25, 0.3) is 0 Å². The second kappa shape index (κ2) is 9.87. The van der Waals surface area contributed by atoms with Crippen molar-refractivity contribution in [3.63, 3.8) is 0 Å². The van der Waals surface area contributed by atoms with E-state index in [1.807, 2.05) is 0 Å². The Morgan fingerprint density at radius 3 is 2.47 bits per heavy atom. The van der Waals surface area contributed by atoms with Gasteiger partial charge in [-0.25, -0.2) is 9.97 Å². The number of amides is 2. The van der Waals surface area contributed by atoms with Gasteiger partial charge in [0.25, 0.3) is 11.8 Å². The number of carbonyl (C=O) groups excluding carboxylic acids is 2. The van der Waals surface area contributed by atoms with Crippen LogP contribution in [0.15, 0.2) is 42.9 Å². The van der Waals surface area contributed by atoms with Crippen molar-refractivity contribution in [1.29, 1.82) is 0 Å². The van der Waals surface area contributed by atoms with Gasteiger partial charge in [-0.1, -0.05) is 0 Å². The number of aromatic nitrogens is 4. The largest absolute Gasteiger partial charge is 0.488 e. The van der Waals surface area contributed by atoms with Crippen molar-refractivity contribution < 1.29 is 24.2 Å². The molecule has 1 saturated heterocycles. The molecule has 3 aromatic rings. The van der Waals surface area contributed by atoms with E-state index in [4.69, 9.17) is 9.47 Å². The first-order valence-corrected chi connectivity index (χ1v) is 10.9. The Morgan fingerprint density at radius 2 is 1.88 bits per heavy atom. The molecular weight excluding hydrogens is 440 g/mol. The molecule has 1 fully saturated rings. The Hall–Kier alpha value is -3.99. The van der Waals surface area contributed by atoms with Gasteiger partial charge in [0, 0.05) is 44.0 Å². The molecule has 1 aliphatic heterocycles. The molecule has 11 heteroatoms. The van der Waals surface area contributed by atoms with Crippen molar-refractivity contribution in [3.05, 3.63) is 54.1 Å².